The first kappa shape index (κ1) is 15.2. The molecule has 1 heterocycles. The van der Waals surface area contributed by atoms with E-state index in [-0.39, 0.29) is 17.9 Å². The minimum Gasteiger partial charge on any atom is -0.395 e. The minimum absolute atomic E-state index is 0.0127. The number of rotatable bonds is 3. The van der Waals surface area contributed by atoms with E-state index in [1.165, 1.54) is 0 Å². The highest BCUT2D eigenvalue weighted by molar-refractivity contribution is 5.94. The first-order valence-electron chi connectivity index (χ1n) is 6.27. The Bertz CT molecular complexity index is 493. The van der Waals surface area contributed by atoms with Gasteiger partial charge in [0.1, 0.15) is 5.69 Å². The molecule has 0 aliphatic carbocycles. The summed E-state index contributed by atoms with van der Waals surface area (Å²) in [7, 11) is 0. The van der Waals surface area contributed by atoms with Gasteiger partial charge in [0.05, 0.1) is 12.2 Å². The number of hydrogen-bond acceptors (Lipinski definition) is 3. The molecule has 4 heteroatoms. The highest BCUT2D eigenvalue weighted by Crippen LogP contribution is 2.11. The summed E-state index contributed by atoms with van der Waals surface area (Å²) in [6.07, 6.45) is 1.96. The monoisotopic (exact) mass is 260 g/mol. The number of nitrogens with one attached hydrogen (secondary N) is 1. The van der Waals surface area contributed by atoms with Crippen molar-refractivity contribution in [1.82, 2.24) is 10.3 Å². The third-order valence-electron chi connectivity index (χ3n) is 2.26. The summed E-state index contributed by atoms with van der Waals surface area (Å²) < 4.78 is 0. The van der Waals surface area contributed by atoms with Crippen molar-refractivity contribution in [2.24, 2.45) is 5.41 Å². The van der Waals surface area contributed by atoms with E-state index in [1.807, 2.05) is 20.8 Å². The molecule has 102 valence electrons. The molecule has 0 aliphatic rings. The summed E-state index contributed by atoms with van der Waals surface area (Å²) in [6.45, 7) is 6.74. The predicted octanol–water partition coefficient (Wildman–Crippen LogP) is 1.59. The number of carbonyl (C=O) groups is 1. The maximum Gasteiger partial charge on any atom is 0.271 e. The van der Waals surface area contributed by atoms with Crippen LogP contribution in [0.1, 0.15) is 43.2 Å². The number of aromatic nitrogens is 1. The Morgan fingerprint density at radius 3 is 2.84 bits per heavy atom. The van der Waals surface area contributed by atoms with Crippen molar-refractivity contribution >= 4 is 5.91 Å². The van der Waals surface area contributed by atoms with Crippen LogP contribution in [0.5, 0.6) is 0 Å². The third kappa shape index (κ3) is 5.54. The quantitative estimate of drug-likeness (QED) is 0.811. The zero-order valence-corrected chi connectivity index (χ0v) is 11.7. The molecular weight excluding hydrogens is 240 g/mol. The van der Waals surface area contributed by atoms with Crippen LogP contribution in [0.3, 0.4) is 0 Å². The summed E-state index contributed by atoms with van der Waals surface area (Å²) in [5, 5.41) is 11.6. The van der Waals surface area contributed by atoms with E-state index < -0.39 is 0 Å². The average molecular weight is 260 g/mol. The Kier molecular flexibility index (Phi) is 5.53. The van der Waals surface area contributed by atoms with Crippen molar-refractivity contribution in [2.45, 2.75) is 27.2 Å². The molecule has 1 amide bonds. The van der Waals surface area contributed by atoms with Gasteiger partial charge in [-0.3, -0.25) is 4.79 Å². The normalized spacial score (nSPS) is 10.5. The topological polar surface area (TPSA) is 62.2 Å². The molecule has 2 N–H and O–H groups in total. The van der Waals surface area contributed by atoms with Gasteiger partial charge in [-0.2, -0.15) is 0 Å². The van der Waals surface area contributed by atoms with Gasteiger partial charge in [0, 0.05) is 19.2 Å². The summed E-state index contributed by atoms with van der Waals surface area (Å²) in [5.74, 6) is 5.44. The zero-order chi connectivity index (χ0) is 14.3. The number of amides is 1. The highest BCUT2D eigenvalue weighted by Gasteiger charge is 2.15. The SMILES string of the molecule is CC(C)(C)CNC(=O)c1ncccc1C#CCCO. The lowest BCUT2D eigenvalue weighted by Crippen LogP contribution is -2.33. The molecule has 4 nitrogen and oxygen atoms in total. The third-order valence-corrected chi connectivity index (χ3v) is 2.26. The lowest BCUT2D eigenvalue weighted by atomic mass is 9.97. The van der Waals surface area contributed by atoms with Crippen LogP contribution in [0.15, 0.2) is 18.3 Å². The van der Waals surface area contributed by atoms with Crippen LogP contribution >= 0.6 is 0 Å². The number of carbonyl (C=O) groups excluding carboxylic acids is 1. The van der Waals surface area contributed by atoms with Gasteiger partial charge in [0.2, 0.25) is 0 Å². The molecular formula is C15H20N2O2. The Hall–Kier alpha value is -1.86. The van der Waals surface area contributed by atoms with Crippen molar-refractivity contribution in [1.29, 1.82) is 0 Å². The Morgan fingerprint density at radius 1 is 1.47 bits per heavy atom. The molecule has 0 saturated carbocycles. The lowest BCUT2D eigenvalue weighted by molar-refractivity contribution is 0.0934. The van der Waals surface area contributed by atoms with Crippen LogP contribution in [-0.2, 0) is 0 Å². The fourth-order valence-corrected chi connectivity index (χ4v) is 1.33. The maximum atomic E-state index is 12.1. The number of pyridine rings is 1. The fourth-order valence-electron chi connectivity index (χ4n) is 1.33. The summed E-state index contributed by atoms with van der Waals surface area (Å²) in [6, 6.07) is 3.49. The number of nitrogens with zero attached hydrogens (tertiary/aromatic N) is 1. The molecule has 0 spiro atoms. The Morgan fingerprint density at radius 2 is 2.21 bits per heavy atom. The smallest absolute Gasteiger partial charge is 0.271 e. The fraction of sp³-hybridized carbons (Fsp3) is 0.467. The van der Waals surface area contributed by atoms with Gasteiger partial charge in [0.15, 0.2) is 0 Å². The van der Waals surface area contributed by atoms with Crippen LogP contribution in [0.4, 0.5) is 0 Å². The molecule has 0 unspecified atom stereocenters. The van der Waals surface area contributed by atoms with Crippen LogP contribution < -0.4 is 5.32 Å². The lowest BCUT2D eigenvalue weighted by Gasteiger charge is -2.18. The second-order valence-corrected chi connectivity index (χ2v) is 5.42. The van der Waals surface area contributed by atoms with Crippen molar-refractivity contribution in [2.75, 3.05) is 13.2 Å². The first-order valence-corrected chi connectivity index (χ1v) is 6.27. The van der Waals surface area contributed by atoms with Crippen molar-refractivity contribution < 1.29 is 9.90 Å². The van der Waals surface area contributed by atoms with Crippen LogP contribution in [0.2, 0.25) is 0 Å². The Balaban J connectivity index is 2.83. The molecule has 1 rings (SSSR count). The summed E-state index contributed by atoms with van der Waals surface area (Å²) in [5.41, 5.74) is 0.937. The molecule has 0 aliphatic heterocycles. The van der Waals surface area contributed by atoms with Crippen LogP contribution in [0, 0.1) is 17.3 Å². The molecule has 19 heavy (non-hydrogen) atoms. The molecule has 0 atom stereocenters. The molecule has 1 aromatic heterocycles. The number of aliphatic hydroxyl groups excluding tert-OH is 1. The number of aliphatic hydroxyl groups is 1. The first-order chi connectivity index (χ1) is 8.94. The minimum atomic E-state index is -0.219. The number of hydrogen-bond donors (Lipinski definition) is 2. The molecule has 0 fully saturated rings. The largest absolute Gasteiger partial charge is 0.395 e. The molecule has 0 aromatic carbocycles. The molecule has 1 aromatic rings. The van der Waals surface area contributed by atoms with Crippen molar-refractivity contribution in [3.05, 3.63) is 29.6 Å². The molecule has 0 bridgehead atoms. The van der Waals surface area contributed by atoms with E-state index in [9.17, 15) is 4.79 Å². The van der Waals surface area contributed by atoms with E-state index in [2.05, 4.69) is 22.1 Å². The average Bonchev–Trinajstić information content (AvgIpc) is 2.36. The Labute approximate surface area is 114 Å². The van der Waals surface area contributed by atoms with E-state index in [0.29, 0.717) is 24.2 Å². The van der Waals surface area contributed by atoms with Gasteiger partial charge >= 0.3 is 0 Å². The summed E-state index contributed by atoms with van der Waals surface area (Å²) in [4.78, 5) is 16.1. The van der Waals surface area contributed by atoms with E-state index in [0.717, 1.165) is 0 Å². The standard InChI is InChI=1S/C15H20N2O2/c1-15(2,3)11-17-14(19)13-12(7-4-5-10-18)8-6-9-16-13/h6,8-9,18H,5,10-11H2,1-3H3,(H,17,19). The van der Waals surface area contributed by atoms with Crippen LogP contribution in [0.25, 0.3) is 0 Å². The second-order valence-electron chi connectivity index (χ2n) is 5.42. The van der Waals surface area contributed by atoms with Gasteiger partial charge in [0.25, 0.3) is 5.91 Å². The second kappa shape index (κ2) is 6.91. The van der Waals surface area contributed by atoms with Gasteiger partial charge in [-0.05, 0) is 17.5 Å². The van der Waals surface area contributed by atoms with Gasteiger partial charge < -0.3 is 10.4 Å². The maximum absolute atomic E-state index is 12.1. The van der Waals surface area contributed by atoms with Crippen molar-refractivity contribution in [3.63, 3.8) is 0 Å². The molecule has 0 saturated heterocycles. The van der Waals surface area contributed by atoms with E-state index in [1.54, 1.807) is 18.3 Å². The van der Waals surface area contributed by atoms with Crippen LogP contribution in [-0.4, -0.2) is 29.1 Å². The zero-order valence-electron chi connectivity index (χ0n) is 11.7. The molecule has 0 radical (unpaired) electrons. The van der Waals surface area contributed by atoms with Gasteiger partial charge in [-0.1, -0.05) is 32.6 Å². The van der Waals surface area contributed by atoms with Gasteiger partial charge in [-0.15, -0.1) is 0 Å². The van der Waals surface area contributed by atoms with Gasteiger partial charge in [-0.25, -0.2) is 4.98 Å². The van der Waals surface area contributed by atoms with Crippen molar-refractivity contribution in [3.8, 4) is 11.8 Å². The summed E-state index contributed by atoms with van der Waals surface area (Å²) >= 11 is 0. The van der Waals surface area contributed by atoms with E-state index in [4.69, 9.17) is 5.11 Å². The van der Waals surface area contributed by atoms with E-state index >= 15 is 0 Å². The predicted molar refractivity (Wildman–Crippen MR) is 74.6 cm³/mol. The highest BCUT2D eigenvalue weighted by atomic mass is 16.2.